The van der Waals surface area contributed by atoms with Crippen LogP contribution in [0.1, 0.15) is 19.4 Å². The van der Waals surface area contributed by atoms with E-state index in [1.165, 1.54) is 5.56 Å². The van der Waals surface area contributed by atoms with Crippen molar-refractivity contribution in [3.05, 3.63) is 29.8 Å². The van der Waals surface area contributed by atoms with Gasteiger partial charge in [0.05, 0.1) is 12.1 Å². The molecule has 3 rings (SSSR count). The second-order valence-corrected chi connectivity index (χ2v) is 5.35. The summed E-state index contributed by atoms with van der Waals surface area (Å²) < 4.78 is 5.59. The molecule has 0 atom stereocenters. The first-order valence-electron chi connectivity index (χ1n) is 7.84. The molecule has 5 heteroatoms. The lowest BCUT2D eigenvalue weighted by Crippen LogP contribution is -2.44. The molecule has 2 aromatic rings. The first kappa shape index (κ1) is 16.8. The maximum absolute atomic E-state index is 5.59. The molecule has 1 aliphatic heterocycles. The third-order valence-electron chi connectivity index (χ3n) is 3.95. The Hall–Kier alpha value is -1.52. The van der Waals surface area contributed by atoms with Crippen molar-refractivity contribution >= 4 is 29.1 Å². The number of benzene rings is 1. The zero-order valence-electron chi connectivity index (χ0n) is 13.3. The van der Waals surface area contributed by atoms with Crippen molar-refractivity contribution in [2.24, 2.45) is 0 Å². The number of anilines is 1. The summed E-state index contributed by atoms with van der Waals surface area (Å²) in [5, 5.41) is 4.56. The Morgan fingerprint density at radius 1 is 1.18 bits per heavy atom. The Balaban J connectivity index is 0.00000176. The molecular weight excluding hydrogens is 298 g/mol. The van der Waals surface area contributed by atoms with Gasteiger partial charge in [-0.05, 0) is 43.2 Å². The van der Waals surface area contributed by atoms with Crippen LogP contribution in [0.2, 0.25) is 0 Å². The summed E-state index contributed by atoms with van der Waals surface area (Å²) in [7, 11) is 0. The molecule has 4 nitrogen and oxygen atoms in total. The van der Waals surface area contributed by atoms with Crippen LogP contribution in [0.15, 0.2) is 24.3 Å². The van der Waals surface area contributed by atoms with Gasteiger partial charge < -0.3 is 15.0 Å². The Kier molecular flexibility index (Phi) is 5.86. The Morgan fingerprint density at radius 3 is 2.64 bits per heavy atom. The molecule has 1 aromatic carbocycles. The number of aromatic nitrogens is 1. The predicted molar refractivity (Wildman–Crippen MR) is 94.6 cm³/mol. The van der Waals surface area contributed by atoms with Crippen molar-refractivity contribution < 1.29 is 4.74 Å². The quantitative estimate of drug-likeness (QED) is 0.939. The van der Waals surface area contributed by atoms with Crippen molar-refractivity contribution in [3.8, 4) is 5.75 Å². The number of pyridine rings is 1. The summed E-state index contributed by atoms with van der Waals surface area (Å²) >= 11 is 0. The van der Waals surface area contributed by atoms with Crippen molar-refractivity contribution in [2.45, 2.75) is 20.3 Å². The van der Waals surface area contributed by atoms with E-state index in [-0.39, 0.29) is 12.4 Å². The number of halogens is 1. The summed E-state index contributed by atoms with van der Waals surface area (Å²) in [6, 6.07) is 8.42. The third-order valence-corrected chi connectivity index (χ3v) is 3.95. The van der Waals surface area contributed by atoms with Gasteiger partial charge in [-0.15, -0.1) is 12.4 Å². The van der Waals surface area contributed by atoms with Crippen LogP contribution in [0.4, 0.5) is 5.82 Å². The fourth-order valence-electron chi connectivity index (χ4n) is 2.86. The zero-order chi connectivity index (χ0) is 14.7. The molecule has 0 bridgehead atoms. The van der Waals surface area contributed by atoms with Crippen LogP contribution in [-0.2, 0) is 6.42 Å². The number of aryl methyl sites for hydroxylation is 1. The van der Waals surface area contributed by atoms with Crippen LogP contribution in [-0.4, -0.2) is 37.8 Å². The molecular formula is C17H24ClN3O. The van der Waals surface area contributed by atoms with Crippen LogP contribution in [0.3, 0.4) is 0 Å². The highest BCUT2D eigenvalue weighted by atomic mass is 35.5. The maximum atomic E-state index is 5.59. The van der Waals surface area contributed by atoms with Gasteiger partial charge >= 0.3 is 0 Å². The lowest BCUT2D eigenvalue weighted by Gasteiger charge is -2.30. The number of piperazine rings is 1. The molecule has 0 amide bonds. The summed E-state index contributed by atoms with van der Waals surface area (Å²) in [6.45, 7) is 9.02. The molecule has 0 saturated carbocycles. The summed E-state index contributed by atoms with van der Waals surface area (Å²) in [5.41, 5.74) is 2.36. The van der Waals surface area contributed by atoms with Gasteiger partial charge in [-0.3, -0.25) is 0 Å². The predicted octanol–water partition coefficient (Wildman–Crippen LogP) is 3.03. The molecule has 0 spiro atoms. The van der Waals surface area contributed by atoms with Crippen LogP contribution in [0.5, 0.6) is 5.75 Å². The first-order valence-corrected chi connectivity index (χ1v) is 7.84. The highest BCUT2D eigenvalue weighted by Gasteiger charge is 2.16. The van der Waals surface area contributed by atoms with Gasteiger partial charge in [-0.25, -0.2) is 4.98 Å². The normalized spacial score (nSPS) is 14.7. The SMILES string of the molecule is CCOc1ccc2nc(N3CCNCC3)c(CC)cc2c1.Cl. The fourth-order valence-corrected chi connectivity index (χ4v) is 2.86. The van der Waals surface area contributed by atoms with Crippen LogP contribution < -0.4 is 15.0 Å². The Morgan fingerprint density at radius 2 is 1.95 bits per heavy atom. The lowest BCUT2D eigenvalue weighted by molar-refractivity contribution is 0.340. The van der Waals surface area contributed by atoms with E-state index in [2.05, 4.69) is 35.3 Å². The molecule has 2 heterocycles. The summed E-state index contributed by atoms with van der Waals surface area (Å²) in [4.78, 5) is 7.31. The van der Waals surface area contributed by atoms with E-state index in [9.17, 15) is 0 Å². The molecule has 0 radical (unpaired) electrons. The topological polar surface area (TPSA) is 37.4 Å². The number of rotatable bonds is 4. The second kappa shape index (κ2) is 7.65. The smallest absolute Gasteiger partial charge is 0.132 e. The zero-order valence-corrected chi connectivity index (χ0v) is 14.1. The Bertz CT molecular complexity index is 627. The van der Waals surface area contributed by atoms with Gasteiger partial charge in [-0.2, -0.15) is 0 Å². The average molecular weight is 322 g/mol. The van der Waals surface area contributed by atoms with E-state index in [4.69, 9.17) is 9.72 Å². The molecule has 120 valence electrons. The van der Waals surface area contributed by atoms with Crippen molar-refractivity contribution in [1.29, 1.82) is 0 Å². The van der Waals surface area contributed by atoms with E-state index in [0.29, 0.717) is 6.61 Å². The third kappa shape index (κ3) is 3.45. The number of nitrogens with one attached hydrogen (secondary N) is 1. The summed E-state index contributed by atoms with van der Waals surface area (Å²) in [5.74, 6) is 2.07. The van der Waals surface area contributed by atoms with Gasteiger partial charge in [-0.1, -0.05) is 6.92 Å². The standard InChI is InChI=1S/C17H23N3O.ClH/c1-3-13-11-14-12-15(21-4-2)5-6-16(14)19-17(13)20-9-7-18-8-10-20;/h5-6,11-12,18H,3-4,7-10H2,1-2H3;1H. The van der Waals surface area contributed by atoms with E-state index in [0.717, 1.165) is 55.1 Å². The fraction of sp³-hybridized carbons (Fsp3) is 0.471. The minimum Gasteiger partial charge on any atom is -0.494 e. The van der Waals surface area contributed by atoms with Crippen LogP contribution >= 0.6 is 12.4 Å². The highest BCUT2D eigenvalue weighted by molar-refractivity contribution is 5.85. The molecule has 1 aromatic heterocycles. The van der Waals surface area contributed by atoms with Crippen LogP contribution in [0, 0.1) is 0 Å². The average Bonchev–Trinajstić information content (AvgIpc) is 2.54. The second-order valence-electron chi connectivity index (χ2n) is 5.35. The van der Waals surface area contributed by atoms with Crippen LogP contribution in [0.25, 0.3) is 10.9 Å². The van der Waals surface area contributed by atoms with Gasteiger partial charge in [0.25, 0.3) is 0 Å². The molecule has 22 heavy (non-hydrogen) atoms. The molecule has 1 saturated heterocycles. The largest absolute Gasteiger partial charge is 0.494 e. The van der Waals surface area contributed by atoms with E-state index >= 15 is 0 Å². The van der Waals surface area contributed by atoms with E-state index in [1.807, 2.05) is 13.0 Å². The maximum Gasteiger partial charge on any atom is 0.132 e. The molecule has 1 aliphatic rings. The van der Waals surface area contributed by atoms with E-state index < -0.39 is 0 Å². The number of fused-ring (bicyclic) bond motifs is 1. The molecule has 1 fully saturated rings. The minimum absolute atomic E-state index is 0. The lowest BCUT2D eigenvalue weighted by atomic mass is 10.1. The molecule has 0 aliphatic carbocycles. The number of hydrogen-bond acceptors (Lipinski definition) is 4. The van der Waals surface area contributed by atoms with Crippen molar-refractivity contribution in [2.75, 3.05) is 37.7 Å². The van der Waals surface area contributed by atoms with Gasteiger partial charge in [0.1, 0.15) is 11.6 Å². The monoisotopic (exact) mass is 321 g/mol. The van der Waals surface area contributed by atoms with E-state index in [1.54, 1.807) is 0 Å². The van der Waals surface area contributed by atoms with Gasteiger partial charge in [0.2, 0.25) is 0 Å². The Labute approximate surface area is 138 Å². The minimum atomic E-state index is 0. The highest BCUT2D eigenvalue weighted by Crippen LogP contribution is 2.27. The van der Waals surface area contributed by atoms with Gasteiger partial charge in [0.15, 0.2) is 0 Å². The number of ether oxygens (including phenoxy) is 1. The summed E-state index contributed by atoms with van der Waals surface area (Å²) in [6.07, 6.45) is 1.00. The van der Waals surface area contributed by atoms with Crippen molar-refractivity contribution in [1.82, 2.24) is 10.3 Å². The van der Waals surface area contributed by atoms with Crippen molar-refractivity contribution in [3.63, 3.8) is 0 Å². The molecule has 0 unspecified atom stereocenters. The number of hydrogen-bond donors (Lipinski definition) is 1. The molecule has 1 N–H and O–H groups in total. The number of nitrogens with zero attached hydrogens (tertiary/aromatic N) is 2. The first-order chi connectivity index (χ1) is 10.3. The van der Waals surface area contributed by atoms with Gasteiger partial charge in [0, 0.05) is 31.6 Å².